The second kappa shape index (κ2) is 6.39. The third-order valence-electron chi connectivity index (χ3n) is 3.47. The van der Waals surface area contributed by atoms with Crippen LogP contribution in [0.2, 0.25) is 0 Å². The van der Waals surface area contributed by atoms with E-state index in [0.29, 0.717) is 0 Å². The van der Waals surface area contributed by atoms with E-state index in [1.807, 2.05) is 0 Å². The minimum atomic E-state index is 1.13. The standard InChI is InChI=1S/C18H22/c1-3-7-17-11-13-18(15(2)14-17)12-10-16-8-5-4-6-9-16/h4-6,8-9,11,13-14H,3,7,10,12H2,1-2H3. The van der Waals surface area contributed by atoms with Crippen molar-refractivity contribution in [3.63, 3.8) is 0 Å². The largest absolute Gasteiger partial charge is 0.0651 e. The van der Waals surface area contributed by atoms with Crippen LogP contribution in [0.1, 0.15) is 35.6 Å². The van der Waals surface area contributed by atoms with E-state index in [1.165, 1.54) is 35.1 Å². The van der Waals surface area contributed by atoms with Crippen molar-refractivity contribution in [2.24, 2.45) is 0 Å². The first kappa shape index (κ1) is 12.9. The van der Waals surface area contributed by atoms with Gasteiger partial charge in [0.2, 0.25) is 0 Å². The molecule has 0 aliphatic heterocycles. The smallest absolute Gasteiger partial charge is 0.0236 e. The van der Waals surface area contributed by atoms with Gasteiger partial charge in [0.05, 0.1) is 0 Å². The average molecular weight is 238 g/mol. The van der Waals surface area contributed by atoms with Gasteiger partial charge < -0.3 is 0 Å². The normalized spacial score (nSPS) is 10.6. The van der Waals surface area contributed by atoms with Crippen molar-refractivity contribution in [2.75, 3.05) is 0 Å². The summed E-state index contributed by atoms with van der Waals surface area (Å²) in [4.78, 5) is 0. The molecule has 0 aromatic heterocycles. The highest BCUT2D eigenvalue weighted by Gasteiger charge is 2.01. The highest BCUT2D eigenvalue weighted by Crippen LogP contribution is 2.15. The van der Waals surface area contributed by atoms with Gasteiger partial charge in [-0.2, -0.15) is 0 Å². The Hall–Kier alpha value is -1.56. The van der Waals surface area contributed by atoms with Gasteiger partial charge in [0.15, 0.2) is 0 Å². The number of rotatable bonds is 5. The maximum absolute atomic E-state index is 2.35. The molecule has 0 saturated heterocycles. The molecule has 0 aliphatic rings. The summed E-state index contributed by atoms with van der Waals surface area (Å²) in [6, 6.07) is 17.7. The molecule has 2 aromatic carbocycles. The molecule has 18 heavy (non-hydrogen) atoms. The van der Waals surface area contributed by atoms with E-state index in [-0.39, 0.29) is 0 Å². The van der Waals surface area contributed by atoms with E-state index in [4.69, 9.17) is 0 Å². The molecule has 0 atom stereocenters. The number of hydrogen-bond acceptors (Lipinski definition) is 0. The number of benzene rings is 2. The van der Waals surface area contributed by atoms with E-state index >= 15 is 0 Å². The van der Waals surface area contributed by atoms with Crippen LogP contribution in [0.25, 0.3) is 0 Å². The quantitative estimate of drug-likeness (QED) is 0.706. The lowest BCUT2D eigenvalue weighted by molar-refractivity contribution is 0.908. The summed E-state index contributed by atoms with van der Waals surface area (Å²) >= 11 is 0. The molecule has 94 valence electrons. The van der Waals surface area contributed by atoms with Crippen molar-refractivity contribution >= 4 is 0 Å². The van der Waals surface area contributed by atoms with Crippen LogP contribution >= 0.6 is 0 Å². The molecule has 0 spiro atoms. The molecular weight excluding hydrogens is 216 g/mol. The van der Waals surface area contributed by atoms with Crippen LogP contribution in [-0.4, -0.2) is 0 Å². The molecule has 2 aromatic rings. The Labute approximate surface area is 111 Å². The van der Waals surface area contributed by atoms with Gasteiger partial charge in [-0.25, -0.2) is 0 Å². The summed E-state index contributed by atoms with van der Waals surface area (Å²) in [6.45, 7) is 4.47. The highest BCUT2D eigenvalue weighted by atomic mass is 14.1. The van der Waals surface area contributed by atoms with Gasteiger partial charge in [-0.15, -0.1) is 0 Å². The van der Waals surface area contributed by atoms with Gasteiger partial charge in [0.25, 0.3) is 0 Å². The predicted octanol–water partition coefficient (Wildman–Crippen LogP) is 4.73. The number of aryl methyl sites for hydroxylation is 4. The van der Waals surface area contributed by atoms with Crippen LogP contribution < -0.4 is 0 Å². The Kier molecular flexibility index (Phi) is 4.58. The van der Waals surface area contributed by atoms with Crippen molar-refractivity contribution in [3.8, 4) is 0 Å². The molecule has 0 bridgehead atoms. The fraction of sp³-hybridized carbons (Fsp3) is 0.333. The van der Waals surface area contributed by atoms with Gasteiger partial charge in [0, 0.05) is 0 Å². The molecule has 2 rings (SSSR count). The minimum Gasteiger partial charge on any atom is -0.0651 e. The molecular formula is C18H22. The lowest BCUT2D eigenvalue weighted by Gasteiger charge is -2.08. The van der Waals surface area contributed by atoms with E-state index in [0.717, 1.165) is 12.8 Å². The molecule has 0 heteroatoms. The first-order valence-corrected chi connectivity index (χ1v) is 6.92. The molecule has 0 heterocycles. The molecule has 0 amide bonds. The van der Waals surface area contributed by atoms with Crippen LogP contribution in [0, 0.1) is 6.92 Å². The Morgan fingerprint density at radius 1 is 0.778 bits per heavy atom. The summed E-state index contributed by atoms with van der Waals surface area (Å²) in [5.74, 6) is 0. The highest BCUT2D eigenvalue weighted by molar-refractivity contribution is 5.32. The second-order valence-electron chi connectivity index (χ2n) is 5.00. The maximum Gasteiger partial charge on any atom is -0.0236 e. The lowest BCUT2D eigenvalue weighted by atomic mass is 9.97. The third kappa shape index (κ3) is 3.46. The maximum atomic E-state index is 2.35. The van der Waals surface area contributed by atoms with Crippen molar-refractivity contribution < 1.29 is 0 Å². The van der Waals surface area contributed by atoms with Crippen molar-refractivity contribution in [2.45, 2.75) is 39.5 Å². The third-order valence-corrected chi connectivity index (χ3v) is 3.47. The lowest BCUT2D eigenvalue weighted by Crippen LogP contribution is -1.95. The van der Waals surface area contributed by atoms with Crippen molar-refractivity contribution in [3.05, 3.63) is 70.8 Å². The van der Waals surface area contributed by atoms with Crippen LogP contribution in [-0.2, 0) is 19.3 Å². The zero-order chi connectivity index (χ0) is 12.8. The summed E-state index contributed by atoms with van der Waals surface area (Å²) in [6.07, 6.45) is 4.69. The summed E-state index contributed by atoms with van der Waals surface area (Å²) in [5.41, 5.74) is 5.82. The molecule has 0 saturated carbocycles. The first-order chi connectivity index (χ1) is 8.79. The zero-order valence-corrected chi connectivity index (χ0v) is 11.4. The Bertz CT molecular complexity index is 483. The summed E-state index contributed by atoms with van der Waals surface area (Å²) < 4.78 is 0. The molecule has 0 fully saturated rings. The van der Waals surface area contributed by atoms with Gasteiger partial charge in [0.1, 0.15) is 0 Å². The second-order valence-corrected chi connectivity index (χ2v) is 5.00. The van der Waals surface area contributed by atoms with Crippen LogP contribution in [0.3, 0.4) is 0 Å². The Morgan fingerprint density at radius 3 is 2.22 bits per heavy atom. The van der Waals surface area contributed by atoms with Crippen LogP contribution in [0.5, 0.6) is 0 Å². The topological polar surface area (TPSA) is 0 Å². The monoisotopic (exact) mass is 238 g/mol. The molecule has 0 aliphatic carbocycles. The van der Waals surface area contributed by atoms with Crippen molar-refractivity contribution in [1.29, 1.82) is 0 Å². The van der Waals surface area contributed by atoms with E-state index in [2.05, 4.69) is 62.4 Å². The van der Waals surface area contributed by atoms with Crippen molar-refractivity contribution in [1.82, 2.24) is 0 Å². The minimum absolute atomic E-state index is 1.13. The van der Waals surface area contributed by atoms with E-state index < -0.39 is 0 Å². The SMILES string of the molecule is CCCc1ccc(CCc2ccccc2)c(C)c1. The van der Waals surface area contributed by atoms with Crippen LogP contribution in [0.15, 0.2) is 48.5 Å². The van der Waals surface area contributed by atoms with Gasteiger partial charge in [-0.3, -0.25) is 0 Å². The van der Waals surface area contributed by atoms with Gasteiger partial charge >= 0.3 is 0 Å². The molecule has 0 radical (unpaired) electrons. The first-order valence-electron chi connectivity index (χ1n) is 6.92. The summed E-state index contributed by atoms with van der Waals surface area (Å²) in [5, 5.41) is 0. The van der Waals surface area contributed by atoms with Crippen LogP contribution in [0.4, 0.5) is 0 Å². The zero-order valence-electron chi connectivity index (χ0n) is 11.4. The Morgan fingerprint density at radius 2 is 1.56 bits per heavy atom. The molecule has 0 nitrogen and oxygen atoms in total. The number of hydrogen-bond donors (Lipinski definition) is 0. The van der Waals surface area contributed by atoms with Gasteiger partial charge in [-0.1, -0.05) is 61.9 Å². The van der Waals surface area contributed by atoms with E-state index in [9.17, 15) is 0 Å². The fourth-order valence-corrected chi connectivity index (χ4v) is 2.41. The molecule has 0 N–H and O–H groups in total. The fourth-order valence-electron chi connectivity index (χ4n) is 2.41. The molecule has 0 unspecified atom stereocenters. The predicted molar refractivity (Wildman–Crippen MR) is 79.0 cm³/mol. The summed E-state index contributed by atoms with van der Waals surface area (Å²) in [7, 11) is 0. The van der Waals surface area contributed by atoms with E-state index in [1.54, 1.807) is 0 Å². The average Bonchev–Trinajstić information content (AvgIpc) is 2.39. The van der Waals surface area contributed by atoms with Gasteiger partial charge in [-0.05, 0) is 48.4 Å². The Balaban J connectivity index is 2.01.